The van der Waals surface area contributed by atoms with Crippen molar-refractivity contribution in [2.24, 2.45) is 5.92 Å². The Morgan fingerprint density at radius 2 is 2.26 bits per heavy atom. The molecule has 0 aliphatic carbocycles. The molecule has 8 nitrogen and oxygen atoms in total. The fourth-order valence-electron chi connectivity index (χ4n) is 1.65. The molecule has 19 heavy (non-hydrogen) atoms. The van der Waals surface area contributed by atoms with Crippen molar-refractivity contribution in [3.8, 4) is 0 Å². The van der Waals surface area contributed by atoms with Crippen LogP contribution in [0.15, 0.2) is 0 Å². The number of hydrogen-bond acceptors (Lipinski definition) is 4. The first-order chi connectivity index (χ1) is 9.08. The third-order valence-corrected chi connectivity index (χ3v) is 2.82. The molecule has 1 atom stereocenters. The molecule has 0 aromatic heterocycles. The molecule has 1 fully saturated rings. The van der Waals surface area contributed by atoms with E-state index in [1.165, 1.54) is 0 Å². The summed E-state index contributed by atoms with van der Waals surface area (Å²) in [5.74, 6) is -1.92. The van der Waals surface area contributed by atoms with Crippen LogP contribution in [-0.2, 0) is 19.2 Å². The predicted molar refractivity (Wildman–Crippen MR) is 65.8 cm³/mol. The maximum Gasteiger partial charge on any atom is 0.257 e. The SMILES string of the molecule is O=CNCC(=O)NN(CC1CCNC1=O)C(=O)CCl. The van der Waals surface area contributed by atoms with Gasteiger partial charge < -0.3 is 10.6 Å². The largest absolute Gasteiger partial charge is 0.356 e. The van der Waals surface area contributed by atoms with E-state index in [1.54, 1.807) is 0 Å². The van der Waals surface area contributed by atoms with Crippen LogP contribution in [0.5, 0.6) is 0 Å². The number of carbonyl (C=O) groups excluding carboxylic acids is 4. The van der Waals surface area contributed by atoms with E-state index in [1.807, 2.05) is 0 Å². The zero-order valence-electron chi connectivity index (χ0n) is 10.1. The number of halogens is 1. The van der Waals surface area contributed by atoms with Gasteiger partial charge in [0.05, 0.1) is 19.0 Å². The summed E-state index contributed by atoms with van der Waals surface area (Å²) in [7, 11) is 0. The van der Waals surface area contributed by atoms with Crippen molar-refractivity contribution in [2.75, 3.05) is 25.5 Å². The number of amides is 4. The molecule has 4 amide bonds. The zero-order valence-corrected chi connectivity index (χ0v) is 10.9. The highest BCUT2D eigenvalue weighted by molar-refractivity contribution is 6.27. The summed E-state index contributed by atoms with van der Waals surface area (Å²) >= 11 is 5.44. The van der Waals surface area contributed by atoms with Crippen molar-refractivity contribution in [2.45, 2.75) is 6.42 Å². The van der Waals surface area contributed by atoms with E-state index < -0.39 is 11.8 Å². The van der Waals surface area contributed by atoms with Gasteiger partial charge in [0.1, 0.15) is 5.88 Å². The highest BCUT2D eigenvalue weighted by Crippen LogP contribution is 2.10. The normalized spacial score (nSPS) is 17.5. The second kappa shape index (κ2) is 7.57. The van der Waals surface area contributed by atoms with Crippen molar-refractivity contribution in [3.63, 3.8) is 0 Å². The summed E-state index contributed by atoms with van der Waals surface area (Å²) in [6, 6.07) is 0. The molecular formula is C10H15ClN4O4. The average Bonchev–Trinajstić information content (AvgIpc) is 2.80. The first kappa shape index (κ1) is 15.2. The van der Waals surface area contributed by atoms with Gasteiger partial charge in [-0.25, -0.2) is 0 Å². The number of rotatable bonds is 6. The molecule has 0 spiro atoms. The van der Waals surface area contributed by atoms with Gasteiger partial charge in [0.25, 0.3) is 11.8 Å². The number of carbonyl (C=O) groups is 4. The highest BCUT2D eigenvalue weighted by Gasteiger charge is 2.28. The minimum atomic E-state index is -0.566. The number of nitrogens with zero attached hydrogens (tertiary/aromatic N) is 1. The van der Waals surface area contributed by atoms with Crippen LogP contribution in [0, 0.1) is 5.92 Å². The lowest BCUT2D eigenvalue weighted by molar-refractivity contribution is -0.141. The Morgan fingerprint density at radius 1 is 1.53 bits per heavy atom. The molecular weight excluding hydrogens is 276 g/mol. The summed E-state index contributed by atoms with van der Waals surface area (Å²) in [6.07, 6.45) is 0.963. The minimum absolute atomic E-state index is 0.0597. The smallest absolute Gasteiger partial charge is 0.257 e. The quantitative estimate of drug-likeness (QED) is 0.298. The Labute approximate surface area is 114 Å². The van der Waals surface area contributed by atoms with E-state index in [9.17, 15) is 19.2 Å². The molecule has 1 aliphatic heterocycles. The van der Waals surface area contributed by atoms with Crippen molar-refractivity contribution in [3.05, 3.63) is 0 Å². The van der Waals surface area contributed by atoms with Crippen molar-refractivity contribution in [1.82, 2.24) is 21.1 Å². The lowest BCUT2D eigenvalue weighted by Gasteiger charge is -2.24. The van der Waals surface area contributed by atoms with E-state index in [-0.39, 0.29) is 30.8 Å². The van der Waals surface area contributed by atoms with Gasteiger partial charge in [-0.05, 0) is 6.42 Å². The summed E-state index contributed by atoms with van der Waals surface area (Å²) in [5.41, 5.74) is 2.31. The van der Waals surface area contributed by atoms with E-state index in [0.29, 0.717) is 19.4 Å². The van der Waals surface area contributed by atoms with Crippen LogP contribution >= 0.6 is 11.6 Å². The number of nitrogens with one attached hydrogen (secondary N) is 3. The summed E-state index contributed by atoms with van der Waals surface area (Å²) < 4.78 is 0. The molecule has 1 rings (SSSR count). The van der Waals surface area contributed by atoms with Crippen LogP contribution in [0.25, 0.3) is 0 Å². The molecule has 106 valence electrons. The Bertz CT molecular complexity index is 377. The predicted octanol–water partition coefficient (Wildman–Crippen LogP) is -2.03. The number of hydrazine groups is 1. The van der Waals surface area contributed by atoms with Gasteiger partial charge in [-0.3, -0.25) is 29.6 Å². The summed E-state index contributed by atoms with van der Waals surface area (Å²) in [4.78, 5) is 44.5. The van der Waals surface area contributed by atoms with Crippen LogP contribution in [0.4, 0.5) is 0 Å². The zero-order chi connectivity index (χ0) is 14.3. The molecule has 1 heterocycles. The van der Waals surface area contributed by atoms with Crippen LogP contribution in [0.3, 0.4) is 0 Å². The van der Waals surface area contributed by atoms with Gasteiger partial charge in [-0.1, -0.05) is 0 Å². The maximum absolute atomic E-state index is 11.6. The van der Waals surface area contributed by atoms with Crippen molar-refractivity contribution >= 4 is 35.7 Å². The fraction of sp³-hybridized carbons (Fsp3) is 0.600. The summed E-state index contributed by atoms with van der Waals surface area (Å²) in [6.45, 7) is 0.351. The van der Waals surface area contributed by atoms with Gasteiger partial charge in [0.2, 0.25) is 12.3 Å². The Kier molecular flexibility index (Phi) is 6.07. The van der Waals surface area contributed by atoms with Crippen molar-refractivity contribution < 1.29 is 19.2 Å². The Balaban J connectivity index is 2.56. The van der Waals surface area contributed by atoms with Crippen LogP contribution in [-0.4, -0.2) is 54.7 Å². The molecule has 0 aromatic carbocycles. The lowest BCUT2D eigenvalue weighted by atomic mass is 10.1. The number of alkyl halides is 1. The molecule has 9 heteroatoms. The van der Waals surface area contributed by atoms with Crippen LogP contribution in [0.1, 0.15) is 6.42 Å². The Hall–Kier alpha value is -1.83. The average molecular weight is 291 g/mol. The van der Waals surface area contributed by atoms with Gasteiger partial charge in [0.15, 0.2) is 0 Å². The van der Waals surface area contributed by atoms with E-state index in [2.05, 4.69) is 16.1 Å². The standard InChI is InChI=1S/C10H15ClN4O4/c11-3-9(18)15(14-8(17)4-12-6-16)5-7-1-2-13-10(7)19/h6-7H,1-5H2,(H,12,16)(H,13,19)(H,14,17). The first-order valence-electron chi connectivity index (χ1n) is 5.69. The lowest BCUT2D eigenvalue weighted by Crippen LogP contribution is -2.51. The van der Waals surface area contributed by atoms with Gasteiger partial charge in [0, 0.05) is 6.54 Å². The summed E-state index contributed by atoms with van der Waals surface area (Å²) in [5, 5.41) is 5.82. The minimum Gasteiger partial charge on any atom is -0.356 e. The van der Waals surface area contributed by atoms with Gasteiger partial charge in [-0.15, -0.1) is 11.6 Å². The molecule has 1 aliphatic rings. The maximum atomic E-state index is 11.6. The molecule has 1 unspecified atom stereocenters. The van der Waals surface area contributed by atoms with E-state index in [0.717, 1.165) is 5.01 Å². The molecule has 0 saturated carbocycles. The highest BCUT2D eigenvalue weighted by atomic mass is 35.5. The fourth-order valence-corrected chi connectivity index (χ4v) is 1.79. The van der Waals surface area contributed by atoms with E-state index in [4.69, 9.17) is 11.6 Å². The molecule has 1 saturated heterocycles. The second-order valence-electron chi connectivity index (χ2n) is 3.95. The molecule has 3 N–H and O–H groups in total. The van der Waals surface area contributed by atoms with Crippen LogP contribution < -0.4 is 16.1 Å². The molecule has 0 radical (unpaired) electrons. The molecule has 0 aromatic rings. The third-order valence-electron chi connectivity index (χ3n) is 2.59. The topological polar surface area (TPSA) is 108 Å². The van der Waals surface area contributed by atoms with Crippen LogP contribution in [0.2, 0.25) is 0 Å². The van der Waals surface area contributed by atoms with Crippen molar-refractivity contribution in [1.29, 1.82) is 0 Å². The van der Waals surface area contributed by atoms with Gasteiger partial charge in [-0.2, -0.15) is 0 Å². The monoisotopic (exact) mass is 290 g/mol. The van der Waals surface area contributed by atoms with Gasteiger partial charge >= 0.3 is 0 Å². The van der Waals surface area contributed by atoms with E-state index >= 15 is 0 Å². The second-order valence-corrected chi connectivity index (χ2v) is 4.22. The Morgan fingerprint density at radius 3 is 2.79 bits per heavy atom. The number of hydrogen-bond donors (Lipinski definition) is 3. The third kappa shape index (κ3) is 4.74. The first-order valence-corrected chi connectivity index (χ1v) is 6.22. The molecule has 0 bridgehead atoms.